The summed E-state index contributed by atoms with van der Waals surface area (Å²) in [5.41, 5.74) is 2.75. The van der Waals surface area contributed by atoms with Crippen molar-refractivity contribution in [3.05, 3.63) is 35.4 Å². The van der Waals surface area contributed by atoms with Gasteiger partial charge in [-0.15, -0.1) is 0 Å². The molecule has 21 heavy (non-hydrogen) atoms. The van der Waals surface area contributed by atoms with Crippen molar-refractivity contribution in [1.82, 2.24) is 10.2 Å². The SMILES string of the molecule is CCCC1CCCN(CC(NC)c2ccc(C)cc2)CC1. The quantitative estimate of drug-likeness (QED) is 0.845. The molecule has 1 N–H and O–H groups in total. The molecule has 2 atom stereocenters. The topological polar surface area (TPSA) is 15.3 Å². The van der Waals surface area contributed by atoms with E-state index in [0.717, 1.165) is 12.5 Å². The summed E-state index contributed by atoms with van der Waals surface area (Å²) in [6.45, 7) is 8.15. The molecule has 1 aliphatic heterocycles. The van der Waals surface area contributed by atoms with Gasteiger partial charge in [0, 0.05) is 12.6 Å². The van der Waals surface area contributed by atoms with E-state index in [1.165, 1.54) is 56.3 Å². The summed E-state index contributed by atoms with van der Waals surface area (Å²) in [7, 11) is 2.09. The molecular formula is C19H32N2. The first kappa shape index (κ1) is 16.5. The molecule has 1 fully saturated rings. The zero-order valence-electron chi connectivity index (χ0n) is 14.1. The first-order valence-corrected chi connectivity index (χ1v) is 8.69. The molecule has 118 valence electrons. The molecule has 0 aromatic heterocycles. The van der Waals surface area contributed by atoms with Crippen molar-refractivity contribution < 1.29 is 0 Å². The van der Waals surface area contributed by atoms with E-state index >= 15 is 0 Å². The standard InChI is InChI=1S/C19H32N2/c1-4-6-17-7-5-13-21(14-12-17)15-19(20-3)18-10-8-16(2)9-11-18/h8-11,17,19-20H,4-7,12-15H2,1-3H3. The van der Waals surface area contributed by atoms with Crippen molar-refractivity contribution in [3.8, 4) is 0 Å². The van der Waals surface area contributed by atoms with Crippen LogP contribution >= 0.6 is 0 Å². The molecule has 0 amide bonds. The lowest BCUT2D eigenvalue weighted by molar-refractivity contribution is 0.251. The molecule has 0 radical (unpaired) electrons. The summed E-state index contributed by atoms with van der Waals surface area (Å²) in [6, 6.07) is 9.44. The summed E-state index contributed by atoms with van der Waals surface area (Å²) in [6.07, 6.45) is 6.95. The summed E-state index contributed by atoms with van der Waals surface area (Å²) < 4.78 is 0. The van der Waals surface area contributed by atoms with Gasteiger partial charge in [0.2, 0.25) is 0 Å². The molecule has 2 nitrogen and oxygen atoms in total. The van der Waals surface area contributed by atoms with Crippen LogP contribution in [0.25, 0.3) is 0 Å². The normalized spacial score (nSPS) is 22.0. The Labute approximate surface area is 130 Å². The number of aryl methyl sites for hydroxylation is 1. The highest BCUT2D eigenvalue weighted by Crippen LogP contribution is 2.23. The van der Waals surface area contributed by atoms with Crippen LogP contribution in [0.15, 0.2) is 24.3 Å². The molecule has 2 heteroatoms. The third-order valence-electron chi connectivity index (χ3n) is 4.91. The van der Waals surface area contributed by atoms with Crippen LogP contribution in [0.4, 0.5) is 0 Å². The average Bonchev–Trinajstić information content (AvgIpc) is 2.72. The predicted octanol–water partition coefficient (Wildman–Crippen LogP) is 4.16. The third-order valence-corrected chi connectivity index (χ3v) is 4.91. The van der Waals surface area contributed by atoms with Crippen molar-refractivity contribution >= 4 is 0 Å². The van der Waals surface area contributed by atoms with Gasteiger partial charge in [0.1, 0.15) is 0 Å². The molecule has 2 unspecified atom stereocenters. The Hall–Kier alpha value is -0.860. The monoisotopic (exact) mass is 288 g/mol. The first-order chi connectivity index (χ1) is 10.2. The maximum Gasteiger partial charge on any atom is 0.0446 e. The lowest BCUT2D eigenvalue weighted by atomic mass is 9.96. The van der Waals surface area contributed by atoms with Crippen molar-refractivity contribution in [1.29, 1.82) is 0 Å². The zero-order valence-corrected chi connectivity index (χ0v) is 14.1. The van der Waals surface area contributed by atoms with Crippen LogP contribution in [0.5, 0.6) is 0 Å². The van der Waals surface area contributed by atoms with Crippen LogP contribution in [0.3, 0.4) is 0 Å². The number of benzene rings is 1. The lowest BCUT2D eigenvalue weighted by Gasteiger charge is -2.26. The Morgan fingerprint density at radius 3 is 2.62 bits per heavy atom. The maximum absolute atomic E-state index is 3.50. The predicted molar refractivity (Wildman–Crippen MR) is 91.7 cm³/mol. The van der Waals surface area contributed by atoms with Gasteiger partial charge in [0.15, 0.2) is 0 Å². The van der Waals surface area contributed by atoms with Gasteiger partial charge < -0.3 is 10.2 Å². The first-order valence-electron chi connectivity index (χ1n) is 8.69. The molecule has 2 rings (SSSR count). The van der Waals surface area contributed by atoms with Crippen LogP contribution in [0.2, 0.25) is 0 Å². The van der Waals surface area contributed by atoms with E-state index < -0.39 is 0 Å². The molecule has 0 aliphatic carbocycles. The third kappa shape index (κ3) is 5.12. The van der Waals surface area contributed by atoms with E-state index in [2.05, 4.69) is 55.4 Å². The summed E-state index contributed by atoms with van der Waals surface area (Å²) >= 11 is 0. The highest BCUT2D eigenvalue weighted by atomic mass is 15.1. The van der Waals surface area contributed by atoms with Crippen LogP contribution in [-0.2, 0) is 0 Å². The number of nitrogens with one attached hydrogen (secondary N) is 1. The minimum Gasteiger partial charge on any atom is -0.312 e. The second kappa shape index (κ2) is 8.55. The smallest absolute Gasteiger partial charge is 0.0446 e. The molecule has 1 heterocycles. The van der Waals surface area contributed by atoms with E-state index in [1.54, 1.807) is 0 Å². The van der Waals surface area contributed by atoms with E-state index in [0.29, 0.717) is 6.04 Å². The summed E-state index contributed by atoms with van der Waals surface area (Å²) in [5, 5.41) is 3.50. The van der Waals surface area contributed by atoms with Gasteiger partial charge >= 0.3 is 0 Å². The molecular weight excluding hydrogens is 256 g/mol. The number of likely N-dealkylation sites (N-methyl/N-ethyl adjacent to an activating group) is 1. The van der Waals surface area contributed by atoms with Gasteiger partial charge in [-0.2, -0.15) is 0 Å². The highest BCUT2D eigenvalue weighted by molar-refractivity contribution is 5.24. The fourth-order valence-electron chi connectivity index (χ4n) is 3.52. The van der Waals surface area contributed by atoms with E-state index in [-0.39, 0.29) is 0 Å². The molecule has 0 spiro atoms. The largest absolute Gasteiger partial charge is 0.312 e. The van der Waals surface area contributed by atoms with Crippen LogP contribution in [-0.4, -0.2) is 31.6 Å². The minimum atomic E-state index is 0.452. The molecule has 0 bridgehead atoms. The number of nitrogens with zero attached hydrogens (tertiary/aromatic N) is 1. The molecule has 0 saturated carbocycles. The van der Waals surface area contributed by atoms with Gasteiger partial charge in [0.05, 0.1) is 0 Å². The zero-order chi connectivity index (χ0) is 15.1. The molecule has 1 aliphatic rings. The highest BCUT2D eigenvalue weighted by Gasteiger charge is 2.19. The second-order valence-corrected chi connectivity index (χ2v) is 6.64. The van der Waals surface area contributed by atoms with Crippen molar-refractivity contribution in [2.24, 2.45) is 5.92 Å². The Kier molecular flexibility index (Phi) is 6.72. The summed E-state index contributed by atoms with van der Waals surface area (Å²) in [5.74, 6) is 0.965. The Morgan fingerprint density at radius 1 is 1.19 bits per heavy atom. The fourth-order valence-corrected chi connectivity index (χ4v) is 3.52. The van der Waals surface area contributed by atoms with Crippen molar-refractivity contribution in [2.75, 3.05) is 26.7 Å². The van der Waals surface area contributed by atoms with Gasteiger partial charge in [-0.1, -0.05) is 49.6 Å². The average molecular weight is 288 g/mol. The van der Waals surface area contributed by atoms with Gasteiger partial charge in [-0.3, -0.25) is 0 Å². The number of hydrogen-bond donors (Lipinski definition) is 1. The van der Waals surface area contributed by atoms with E-state index in [9.17, 15) is 0 Å². The van der Waals surface area contributed by atoms with E-state index in [1.807, 2.05) is 0 Å². The lowest BCUT2D eigenvalue weighted by Crippen LogP contribution is -2.34. The van der Waals surface area contributed by atoms with E-state index in [4.69, 9.17) is 0 Å². The maximum atomic E-state index is 3.50. The Bertz CT molecular complexity index is 399. The van der Waals surface area contributed by atoms with Gasteiger partial charge in [-0.25, -0.2) is 0 Å². The Balaban J connectivity index is 1.91. The summed E-state index contributed by atoms with van der Waals surface area (Å²) in [4.78, 5) is 2.66. The molecule has 1 saturated heterocycles. The number of rotatable bonds is 6. The van der Waals surface area contributed by atoms with Gasteiger partial charge in [-0.05, 0) is 57.8 Å². The van der Waals surface area contributed by atoms with Crippen LogP contribution in [0.1, 0.15) is 56.2 Å². The van der Waals surface area contributed by atoms with Crippen LogP contribution < -0.4 is 5.32 Å². The van der Waals surface area contributed by atoms with Crippen LogP contribution in [0, 0.1) is 12.8 Å². The second-order valence-electron chi connectivity index (χ2n) is 6.64. The number of hydrogen-bond acceptors (Lipinski definition) is 2. The van der Waals surface area contributed by atoms with Crippen molar-refractivity contribution in [2.45, 2.75) is 52.0 Å². The van der Waals surface area contributed by atoms with Gasteiger partial charge in [0.25, 0.3) is 0 Å². The molecule has 1 aromatic carbocycles. The fraction of sp³-hybridized carbons (Fsp3) is 0.684. The number of likely N-dealkylation sites (tertiary alicyclic amines) is 1. The molecule has 1 aromatic rings. The Morgan fingerprint density at radius 2 is 1.95 bits per heavy atom. The minimum absolute atomic E-state index is 0.452. The van der Waals surface area contributed by atoms with Crippen molar-refractivity contribution in [3.63, 3.8) is 0 Å².